The number of hydrogen-bond donors (Lipinski definition) is 2. The van der Waals surface area contributed by atoms with E-state index in [1.165, 1.54) is 11.3 Å². The molecule has 0 bridgehead atoms. The molecule has 0 fully saturated rings. The van der Waals surface area contributed by atoms with Crippen LogP contribution in [0.15, 0.2) is 23.8 Å². The molecule has 0 aliphatic rings. The van der Waals surface area contributed by atoms with E-state index in [1.54, 1.807) is 30.8 Å². The highest BCUT2D eigenvalue weighted by Gasteiger charge is 2.15. The van der Waals surface area contributed by atoms with Crippen molar-refractivity contribution >= 4 is 23.9 Å². The van der Waals surface area contributed by atoms with Crippen molar-refractivity contribution in [3.05, 3.63) is 29.5 Å². The minimum Gasteiger partial charge on any atom is -0.423 e. The van der Waals surface area contributed by atoms with E-state index in [2.05, 4.69) is 9.97 Å². The van der Waals surface area contributed by atoms with Gasteiger partial charge in [-0.3, -0.25) is 9.97 Å². The highest BCUT2D eigenvalue weighted by atomic mass is 32.1. The molecule has 76 valence electrons. The van der Waals surface area contributed by atoms with Crippen LogP contribution in [0.5, 0.6) is 0 Å². The third-order valence-corrected chi connectivity index (χ3v) is 2.89. The van der Waals surface area contributed by atoms with Gasteiger partial charge in [0.2, 0.25) is 0 Å². The molecule has 0 aliphatic carbocycles. The second kappa shape index (κ2) is 4.10. The monoisotopic (exact) mass is 220 g/mol. The summed E-state index contributed by atoms with van der Waals surface area (Å²) in [7, 11) is -1.46. The summed E-state index contributed by atoms with van der Waals surface area (Å²) < 4.78 is 0. The van der Waals surface area contributed by atoms with E-state index >= 15 is 0 Å². The second-order valence-electron chi connectivity index (χ2n) is 3.11. The maximum atomic E-state index is 9.03. The Kier molecular flexibility index (Phi) is 2.81. The van der Waals surface area contributed by atoms with Crippen LogP contribution >= 0.6 is 11.3 Å². The Balaban J connectivity index is 2.42. The SMILES string of the molecule is Cc1nc(-c2cncs2)ccc1B(O)O. The molecule has 0 spiro atoms. The van der Waals surface area contributed by atoms with E-state index in [9.17, 15) is 0 Å². The maximum Gasteiger partial charge on any atom is 0.490 e. The standard InChI is InChI=1S/C9H9BN2O2S/c1-6-7(10(13)14)2-3-8(12-6)9-4-11-5-15-9/h2-5,13-14H,1H3. The molecule has 2 heterocycles. The first-order valence-corrected chi connectivity index (χ1v) is 5.29. The van der Waals surface area contributed by atoms with Crippen molar-refractivity contribution in [1.82, 2.24) is 9.97 Å². The van der Waals surface area contributed by atoms with Gasteiger partial charge >= 0.3 is 7.12 Å². The Labute approximate surface area is 91.4 Å². The number of aryl methyl sites for hydroxylation is 1. The molecule has 2 N–H and O–H groups in total. The zero-order valence-electron chi connectivity index (χ0n) is 8.08. The maximum absolute atomic E-state index is 9.03. The number of hydrogen-bond acceptors (Lipinski definition) is 5. The lowest BCUT2D eigenvalue weighted by Crippen LogP contribution is -2.32. The molecule has 0 radical (unpaired) electrons. The third kappa shape index (κ3) is 2.06. The predicted octanol–water partition coefficient (Wildman–Crippen LogP) is 0.193. The lowest BCUT2D eigenvalue weighted by molar-refractivity contribution is 0.425. The quantitative estimate of drug-likeness (QED) is 0.709. The number of nitrogens with zero attached hydrogens (tertiary/aromatic N) is 2. The van der Waals surface area contributed by atoms with Crippen molar-refractivity contribution in [2.75, 3.05) is 0 Å². The molecule has 0 atom stereocenters. The lowest BCUT2D eigenvalue weighted by Gasteiger charge is -2.04. The van der Waals surface area contributed by atoms with Crippen LogP contribution in [0.2, 0.25) is 0 Å². The molecule has 2 rings (SSSR count). The van der Waals surface area contributed by atoms with Crippen molar-refractivity contribution in [3.63, 3.8) is 0 Å². The summed E-state index contributed by atoms with van der Waals surface area (Å²) in [6, 6.07) is 3.43. The van der Waals surface area contributed by atoms with E-state index < -0.39 is 7.12 Å². The number of aromatic nitrogens is 2. The van der Waals surface area contributed by atoms with E-state index in [0.717, 1.165) is 10.6 Å². The Hall–Kier alpha value is -1.24. The summed E-state index contributed by atoms with van der Waals surface area (Å²) in [4.78, 5) is 9.22. The minimum absolute atomic E-state index is 0.434. The smallest absolute Gasteiger partial charge is 0.423 e. The number of pyridine rings is 1. The van der Waals surface area contributed by atoms with E-state index in [0.29, 0.717) is 11.2 Å². The molecule has 0 amide bonds. The average molecular weight is 220 g/mol. The summed E-state index contributed by atoms with van der Waals surface area (Å²) in [5.74, 6) is 0. The average Bonchev–Trinajstić information content (AvgIpc) is 2.69. The topological polar surface area (TPSA) is 66.2 Å². The van der Waals surface area contributed by atoms with Gasteiger partial charge in [0.15, 0.2) is 0 Å². The summed E-state index contributed by atoms with van der Waals surface area (Å²) in [5, 5.41) is 18.1. The van der Waals surface area contributed by atoms with Crippen molar-refractivity contribution in [3.8, 4) is 10.6 Å². The Morgan fingerprint density at radius 3 is 2.67 bits per heavy atom. The van der Waals surface area contributed by atoms with Crippen molar-refractivity contribution in [1.29, 1.82) is 0 Å². The van der Waals surface area contributed by atoms with Crippen molar-refractivity contribution < 1.29 is 10.0 Å². The van der Waals surface area contributed by atoms with Crippen LogP contribution in [-0.2, 0) is 0 Å². The van der Waals surface area contributed by atoms with E-state index in [1.807, 2.05) is 0 Å². The van der Waals surface area contributed by atoms with Crippen LogP contribution in [0.25, 0.3) is 10.6 Å². The van der Waals surface area contributed by atoms with Gasteiger partial charge in [0, 0.05) is 17.4 Å². The van der Waals surface area contributed by atoms with Gasteiger partial charge in [0.05, 0.1) is 16.1 Å². The number of thiazole rings is 1. The molecule has 0 aromatic carbocycles. The molecule has 2 aromatic rings. The van der Waals surface area contributed by atoms with Gasteiger partial charge in [-0.2, -0.15) is 0 Å². The highest BCUT2D eigenvalue weighted by molar-refractivity contribution is 7.13. The van der Waals surface area contributed by atoms with Crippen LogP contribution in [0.1, 0.15) is 5.69 Å². The Morgan fingerprint density at radius 1 is 1.33 bits per heavy atom. The first-order valence-electron chi connectivity index (χ1n) is 4.41. The molecular weight excluding hydrogens is 211 g/mol. The van der Waals surface area contributed by atoms with Gasteiger partial charge in [-0.05, 0) is 13.0 Å². The minimum atomic E-state index is -1.46. The van der Waals surface area contributed by atoms with E-state index in [4.69, 9.17) is 10.0 Å². The fourth-order valence-corrected chi connectivity index (χ4v) is 1.92. The molecule has 6 heteroatoms. The molecule has 4 nitrogen and oxygen atoms in total. The van der Waals surface area contributed by atoms with Crippen LogP contribution in [0.4, 0.5) is 0 Å². The molecular formula is C9H9BN2O2S. The largest absolute Gasteiger partial charge is 0.490 e. The first-order chi connectivity index (χ1) is 7.18. The fraction of sp³-hybridized carbons (Fsp3) is 0.111. The van der Waals surface area contributed by atoms with E-state index in [-0.39, 0.29) is 0 Å². The molecule has 0 aliphatic heterocycles. The normalized spacial score (nSPS) is 10.3. The lowest BCUT2D eigenvalue weighted by atomic mass is 9.79. The van der Waals surface area contributed by atoms with Crippen LogP contribution < -0.4 is 5.46 Å². The molecule has 0 unspecified atom stereocenters. The molecule has 0 saturated carbocycles. The summed E-state index contributed by atoms with van der Waals surface area (Å²) in [6.07, 6.45) is 1.74. The molecule has 15 heavy (non-hydrogen) atoms. The molecule has 2 aromatic heterocycles. The molecule has 0 saturated heterocycles. The van der Waals surface area contributed by atoms with Gasteiger partial charge in [-0.15, -0.1) is 11.3 Å². The predicted molar refractivity (Wildman–Crippen MR) is 59.9 cm³/mol. The Bertz CT molecular complexity index is 459. The van der Waals surface area contributed by atoms with Gasteiger partial charge < -0.3 is 10.0 Å². The van der Waals surface area contributed by atoms with Gasteiger partial charge in [-0.1, -0.05) is 6.07 Å². The van der Waals surface area contributed by atoms with Gasteiger partial charge in [0.1, 0.15) is 0 Å². The zero-order chi connectivity index (χ0) is 10.8. The first kappa shape index (κ1) is 10.3. The number of rotatable bonds is 2. The van der Waals surface area contributed by atoms with Crippen LogP contribution in [0.3, 0.4) is 0 Å². The second-order valence-corrected chi connectivity index (χ2v) is 4.00. The summed E-state index contributed by atoms with van der Waals surface area (Å²) >= 11 is 1.50. The van der Waals surface area contributed by atoms with Gasteiger partial charge in [0.25, 0.3) is 0 Å². The van der Waals surface area contributed by atoms with Crippen LogP contribution in [0, 0.1) is 6.92 Å². The fourth-order valence-electron chi connectivity index (χ4n) is 1.32. The van der Waals surface area contributed by atoms with Gasteiger partial charge in [-0.25, -0.2) is 0 Å². The van der Waals surface area contributed by atoms with Crippen LogP contribution in [-0.4, -0.2) is 27.1 Å². The Morgan fingerprint density at radius 2 is 2.13 bits per heavy atom. The third-order valence-electron chi connectivity index (χ3n) is 2.09. The highest BCUT2D eigenvalue weighted by Crippen LogP contribution is 2.20. The zero-order valence-corrected chi connectivity index (χ0v) is 8.90. The van der Waals surface area contributed by atoms with Crippen molar-refractivity contribution in [2.45, 2.75) is 6.92 Å². The summed E-state index contributed by atoms with van der Waals surface area (Å²) in [5.41, 5.74) is 3.60. The van der Waals surface area contributed by atoms with Crippen molar-refractivity contribution in [2.24, 2.45) is 0 Å². The summed E-state index contributed by atoms with van der Waals surface area (Å²) in [6.45, 7) is 1.75.